The second-order valence-electron chi connectivity index (χ2n) is 9.71. The van der Waals surface area contributed by atoms with Gasteiger partial charge in [-0.25, -0.2) is 0 Å². The predicted molar refractivity (Wildman–Crippen MR) is 158 cm³/mol. The number of hydrogen-bond donors (Lipinski definition) is 0. The van der Waals surface area contributed by atoms with Gasteiger partial charge < -0.3 is 0 Å². The van der Waals surface area contributed by atoms with Gasteiger partial charge in [0, 0.05) is 17.8 Å². The molecule has 0 aromatic heterocycles. The van der Waals surface area contributed by atoms with Crippen LogP contribution in [0.5, 0.6) is 0 Å². The normalized spacial score (nSPS) is 17.5. The van der Waals surface area contributed by atoms with Crippen molar-refractivity contribution in [1.29, 1.82) is 0 Å². The van der Waals surface area contributed by atoms with Crippen molar-refractivity contribution in [2.24, 2.45) is 17.8 Å². The highest BCUT2D eigenvalue weighted by molar-refractivity contribution is 5.84. The first-order valence-corrected chi connectivity index (χ1v) is 12.7. The SMILES string of the molecule is C=C(C)/C(=C(/C)c1ccccc1)C(/C=C(/C(=C/C1C=CC=C1)C(=C)C)c1ccccc1)C1C=CC=C1. The Morgan fingerprint density at radius 3 is 1.75 bits per heavy atom. The second-order valence-corrected chi connectivity index (χ2v) is 9.71. The Bertz CT molecular complexity index is 1290. The van der Waals surface area contributed by atoms with Gasteiger partial charge in [0.2, 0.25) is 0 Å². The second kappa shape index (κ2) is 11.7. The lowest BCUT2D eigenvalue weighted by atomic mass is 9.77. The van der Waals surface area contributed by atoms with E-state index in [1.165, 1.54) is 33.4 Å². The van der Waals surface area contributed by atoms with E-state index in [2.05, 4.69) is 155 Å². The number of rotatable bonds is 9. The molecule has 2 aromatic rings. The highest BCUT2D eigenvalue weighted by Crippen LogP contribution is 2.40. The molecule has 0 heterocycles. The third-order valence-corrected chi connectivity index (χ3v) is 6.91. The molecule has 4 rings (SSSR count). The molecule has 1 atom stereocenters. The zero-order valence-corrected chi connectivity index (χ0v) is 21.7. The Balaban J connectivity index is 1.96. The molecular weight excluding hydrogens is 432 g/mol. The zero-order valence-electron chi connectivity index (χ0n) is 21.7. The van der Waals surface area contributed by atoms with Crippen LogP contribution in [0.4, 0.5) is 0 Å². The summed E-state index contributed by atoms with van der Waals surface area (Å²) < 4.78 is 0. The van der Waals surface area contributed by atoms with Crippen LogP contribution < -0.4 is 0 Å². The maximum absolute atomic E-state index is 4.45. The van der Waals surface area contributed by atoms with Crippen molar-refractivity contribution in [3.05, 3.63) is 168 Å². The quantitative estimate of drug-likeness (QED) is 0.321. The molecule has 0 heteroatoms. The molecule has 0 saturated heterocycles. The number of hydrogen-bond acceptors (Lipinski definition) is 0. The molecule has 0 fully saturated rings. The molecule has 1 unspecified atom stereocenters. The monoisotopic (exact) mass is 468 g/mol. The average Bonchev–Trinajstić information content (AvgIpc) is 3.60. The van der Waals surface area contributed by atoms with E-state index in [0.29, 0.717) is 0 Å². The highest BCUT2D eigenvalue weighted by Gasteiger charge is 2.25. The number of allylic oxidation sites excluding steroid dienone is 16. The van der Waals surface area contributed by atoms with Gasteiger partial charge in [-0.2, -0.15) is 0 Å². The maximum atomic E-state index is 4.45. The number of benzene rings is 2. The van der Waals surface area contributed by atoms with Gasteiger partial charge in [-0.05, 0) is 54.2 Å². The van der Waals surface area contributed by atoms with Crippen LogP contribution in [0.15, 0.2) is 157 Å². The minimum Gasteiger partial charge on any atom is -0.0958 e. The van der Waals surface area contributed by atoms with Gasteiger partial charge in [0.25, 0.3) is 0 Å². The van der Waals surface area contributed by atoms with Crippen LogP contribution in [0.3, 0.4) is 0 Å². The van der Waals surface area contributed by atoms with Crippen molar-refractivity contribution in [2.45, 2.75) is 20.8 Å². The predicted octanol–water partition coefficient (Wildman–Crippen LogP) is 9.72. The van der Waals surface area contributed by atoms with Crippen molar-refractivity contribution < 1.29 is 0 Å². The van der Waals surface area contributed by atoms with E-state index in [9.17, 15) is 0 Å². The first-order chi connectivity index (χ1) is 17.5. The Morgan fingerprint density at radius 2 is 1.22 bits per heavy atom. The van der Waals surface area contributed by atoms with Gasteiger partial charge >= 0.3 is 0 Å². The summed E-state index contributed by atoms with van der Waals surface area (Å²) in [6, 6.07) is 21.4. The molecule has 0 aliphatic heterocycles. The van der Waals surface area contributed by atoms with Gasteiger partial charge in [-0.1, -0.05) is 146 Å². The summed E-state index contributed by atoms with van der Waals surface area (Å²) in [5.74, 6) is 0.660. The van der Waals surface area contributed by atoms with Crippen LogP contribution in [0.1, 0.15) is 31.9 Å². The van der Waals surface area contributed by atoms with Gasteiger partial charge in [0.1, 0.15) is 0 Å². The summed E-state index contributed by atoms with van der Waals surface area (Å²) in [5.41, 5.74) is 9.57. The van der Waals surface area contributed by atoms with Gasteiger partial charge in [0.05, 0.1) is 0 Å². The third kappa shape index (κ3) is 5.83. The summed E-state index contributed by atoms with van der Waals surface area (Å²) in [6.07, 6.45) is 22.4. The molecule has 36 heavy (non-hydrogen) atoms. The molecular formula is C36H36. The first-order valence-electron chi connectivity index (χ1n) is 12.7. The van der Waals surface area contributed by atoms with Crippen LogP contribution in [0.25, 0.3) is 11.1 Å². The van der Waals surface area contributed by atoms with Crippen molar-refractivity contribution in [3.63, 3.8) is 0 Å². The van der Waals surface area contributed by atoms with Gasteiger partial charge in [0.15, 0.2) is 0 Å². The zero-order chi connectivity index (χ0) is 25.5. The molecule has 0 spiro atoms. The summed E-state index contributed by atoms with van der Waals surface area (Å²) in [4.78, 5) is 0. The van der Waals surface area contributed by atoms with Crippen molar-refractivity contribution in [3.8, 4) is 0 Å². The standard InChI is InChI=1S/C36H36/c1-26(2)33(24-29-16-12-13-17-29)34(31-20-10-7-11-21-31)25-35(32-22-14-15-23-32)36(27(3)4)28(5)30-18-8-6-9-19-30/h6-25,29,32,35H,1,3H2,2,4-5H3/b33-24+,34-25+,36-28+. The minimum absolute atomic E-state index is 0.130. The Morgan fingerprint density at radius 1 is 0.694 bits per heavy atom. The summed E-state index contributed by atoms with van der Waals surface area (Å²) >= 11 is 0. The lowest BCUT2D eigenvalue weighted by Gasteiger charge is -2.27. The Kier molecular flexibility index (Phi) is 8.18. The van der Waals surface area contributed by atoms with Gasteiger partial charge in [-0.3, -0.25) is 0 Å². The van der Waals surface area contributed by atoms with E-state index in [1.54, 1.807) is 0 Å². The van der Waals surface area contributed by atoms with E-state index in [1.807, 2.05) is 0 Å². The smallest absolute Gasteiger partial charge is 0.0142 e. The summed E-state index contributed by atoms with van der Waals surface area (Å²) in [5, 5.41) is 0. The maximum Gasteiger partial charge on any atom is 0.0142 e. The van der Waals surface area contributed by atoms with Crippen LogP contribution in [-0.2, 0) is 0 Å². The minimum atomic E-state index is 0.130. The van der Waals surface area contributed by atoms with Crippen molar-refractivity contribution in [2.75, 3.05) is 0 Å². The lowest BCUT2D eigenvalue weighted by Crippen LogP contribution is -2.14. The molecule has 0 bridgehead atoms. The van der Waals surface area contributed by atoms with E-state index in [0.717, 1.165) is 11.1 Å². The molecule has 0 nitrogen and oxygen atoms in total. The van der Waals surface area contributed by atoms with Crippen LogP contribution in [0.2, 0.25) is 0 Å². The fraction of sp³-hybridized carbons (Fsp3) is 0.167. The molecule has 2 aromatic carbocycles. The van der Waals surface area contributed by atoms with Gasteiger partial charge in [-0.15, -0.1) is 0 Å². The molecule has 0 amide bonds. The average molecular weight is 469 g/mol. The topological polar surface area (TPSA) is 0 Å². The van der Waals surface area contributed by atoms with E-state index < -0.39 is 0 Å². The van der Waals surface area contributed by atoms with Crippen LogP contribution in [0, 0.1) is 17.8 Å². The fourth-order valence-electron chi connectivity index (χ4n) is 5.13. The van der Waals surface area contributed by atoms with E-state index in [-0.39, 0.29) is 17.8 Å². The Labute approximate surface area is 217 Å². The van der Waals surface area contributed by atoms with Crippen LogP contribution in [-0.4, -0.2) is 0 Å². The highest BCUT2D eigenvalue weighted by atomic mass is 14.3. The first kappa shape index (κ1) is 25.2. The lowest BCUT2D eigenvalue weighted by molar-refractivity contribution is 0.654. The molecule has 2 aliphatic rings. The fourth-order valence-corrected chi connectivity index (χ4v) is 5.13. The van der Waals surface area contributed by atoms with Crippen molar-refractivity contribution in [1.82, 2.24) is 0 Å². The largest absolute Gasteiger partial charge is 0.0958 e. The molecule has 180 valence electrons. The van der Waals surface area contributed by atoms with E-state index >= 15 is 0 Å². The van der Waals surface area contributed by atoms with E-state index in [4.69, 9.17) is 0 Å². The Hall–Kier alpha value is -3.90. The van der Waals surface area contributed by atoms with Crippen molar-refractivity contribution >= 4 is 11.1 Å². The van der Waals surface area contributed by atoms with Crippen LogP contribution >= 0.6 is 0 Å². The summed E-state index contributed by atoms with van der Waals surface area (Å²) in [6.45, 7) is 15.3. The molecule has 0 N–H and O–H groups in total. The molecule has 0 radical (unpaired) electrons. The molecule has 2 aliphatic carbocycles. The molecule has 0 saturated carbocycles. The third-order valence-electron chi connectivity index (χ3n) is 6.91. The summed E-state index contributed by atoms with van der Waals surface area (Å²) in [7, 11) is 0.